The number of pyridine rings is 3. The quantitative estimate of drug-likeness (QED) is 0.208. The van der Waals surface area contributed by atoms with Gasteiger partial charge in [-0.1, -0.05) is 30.3 Å². The van der Waals surface area contributed by atoms with E-state index < -0.39 is 0 Å². The van der Waals surface area contributed by atoms with E-state index in [1.165, 1.54) is 12.1 Å². The molecule has 0 spiro atoms. The third kappa shape index (κ3) is 4.88. The SMILES string of the molecule is Cc1cc(F)cc(-c2nccc3[nH]c(-c4n[nH]c5cnc(-c6cncc(NC(=O)Cc7ccccc7)c6)cc45)cc23)c1. The number of carbonyl (C=O) groups is 1. The number of aromatic amines is 2. The predicted molar refractivity (Wildman–Crippen MR) is 161 cm³/mol. The molecule has 0 saturated carbocycles. The molecule has 0 aliphatic rings. The summed E-state index contributed by atoms with van der Waals surface area (Å²) in [5.74, 6) is -0.422. The molecular weight excluding hydrogens is 529 g/mol. The van der Waals surface area contributed by atoms with Crippen LogP contribution in [0.5, 0.6) is 0 Å². The molecule has 5 aromatic heterocycles. The van der Waals surface area contributed by atoms with E-state index in [4.69, 9.17) is 0 Å². The Morgan fingerprint density at radius 2 is 1.71 bits per heavy atom. The Kier molecular flexibility index (Phi) is 6.24. The molecule has 1 amide bonds. The molecule has 42 heavy (non-hydrogen) atoms. The molecule has 8 nitrogen and oxygen atoms in total. The third-order valence-corrected chi connectivity index (χ3v) is 7.09. The molecule has 204 valence electrons. The van der Waals surface area contributed by atoms with Crippen LogP contribution >= 0.6 is 0 Å². The topological polar surface area (TPSA) is 112 Å². The normalized spacial score (nSPS) is 11.3. The molecule has 0 atom stereocenters. The van der Waals surface area contributed by atoms with Crippen molar-refractivity contribution >= 4 is 33.4 Å². The Morgan fingerprint density at radius 1 is 0.857 bits per heavy atom. The maximum Gasteiger partial charge on any atom is 0.228 e. The number of nitrogens with one attached hydrogen (secondary N) is 3. The molecule has 7 aromatic rings. The summed E-state index contributed by atoms with van der Waals surface area (Å²) in [6, 6.07) is 22.2. The van der Waals surface area contributed by atoms with Crippen LogP contribution in [0, 0.1) is 12.7 Å². The van der Waals surface area contributed by atoms with Crippen LogP contribution in [0.1, 0.15) is 11.1 Å². The van der Waals surface area contributed by atoms with Gasteiger partial charge < -0.3 is 10.3 Å². The molecule has 5 heterocycles. The summed E-state index contributed by atoms with van der Waals surface area (Å²) >= 11 is 0. The fourth-order valence-electron chi connectivity index (χ4n) is 5.20. The Balaban J connectivity index is 1.22. The van der Waals surface area contributed by atoms with Crippen molar-refractivity contribution in [2.24, 2.45) is 0 Å². The van der Waals surface area contributed by atoms with Crippen LogP contribution in [0.25, 0.3) is 55.7 Å². The van der Waals surface area contributed by atoms with Crippen LogP contribution in [-0.2, 0) is 11.2 Å². The van der Waals surface area contributed by atoms with Crippen LogP contribution in [0.3, 0.4) is 0 Å². The van der Waals surface area contributed by atoms with Crippen LogP contribution in [0.2, 0.25) is 0 Å². The number of fused-ring (bicyclic) bond motifs is 2. The number of nitrogens with zero attached hydrogens (tertiary/aromatic N) is 4. The van der Waals surface area contributed by atoms with Gasteiger partial charge in [0.1, 0.15) is 11.5 Å². The maximum atomic E-state index is 14.2. The van der Waals surface area contributed by atoms with Gasteiger partial charge in [0.2, 0.25) is 5.91 Å². The van der Waals surface area contributed by atoms with Crippen molar-refractivity contribution in [3.05, 3.63) is 115 Å². The summed E-state index contributed by atoms with van der Waals surface area (Å²) < 4.78 is 14.2. The van der Waals surface area contributed by atoms with Crippen LogP contribution < -0.4 is 5.32 Å². The highest BCUT2D eigenvalue weighted by Crippen LogP contribution is 2.34. The monoisotopic (exact) mass is 553 g/mol. The van der Waals surface area contributed by atoms with Crippen molar-refractivity contribution < 1.29 is 9.18 Å². The van der Waals surface area contributed by atoms with Crippen LogP contribution in [0.4, 0.5) is 10.1 Å². The van der Waals surface area contributed by atoms with Crippen molar-refractivity contribution in [2.75, 3.05) is 5.32 Å². The smallest absolute Gasteiger partial charge is 0.228 e. The minimum Gasteiger partial charge on any atom is -0.353 e. The maximum absolute atomic E-state index is 14.2. The first-order valence-electron chi connectivity index (χ1n) is 13.4. The number of carbonyl (C=O) groups excluding carboxylic acids is 1. The Morgan fingerprint density at radius 3 is 2.57 bits per heavy atom. The van der Waals surface area contributed by atoms with E-state index in [0.29, 0.717) is 28.3 Å². The molecule has 0 saturated heterocycles. The van der Waals surface area contributed by atoms with Gasteiger partial charge >= 0.3 is 0 Å². The average molecular weight is 554 g/mol. The van der Waals surface area contributed by atoms with Gasteiger partial charge in [-0.15, -0.1) is 0 Å². The lowest BCUT2D eigenvalue weighted by molar-refractivity contribution is -0.115. The number of aryl methyl sites for hydroxylation is 1. The van der Waals surface area contributed by atoms with E-state index in [2.05, 4.69) is 35.5 Å². The largest absolute Gasteiger partial charge is 0.353 e. The predicted octanol–water partition coefficient (Wildman–Crippen LogP) is 6.86. The number of anilines is 1. The molecular formula is C33H24FN7O. The number of aromatic nitrogens is 6. The Bertz CT molecular complexity index is 2080. The van der Waals surface area contributed by atoms with E-state index in [9.17, 15) is 9.18 Å². The fraction of sp³-hybridized carbons (Fsp3) is 0.0606. The number of H-pyrrole nitrogens is 2. The van der Waals surface area contributed by atoms with Gasteiger partial charge in [-0.3, -0.25) is 24.8 Å². The first-order chi connectivity index (χ1) is 20.5. The van der Waals surface area contributed by atoms with E-state index in [-0.39, 0.29) is 18.1 Å². The zero-order chi connectivity index (χ0) is 28.6. The minimum atomic E-state index is -0.299. The van der Waals surface area contributed by atoms with Crippen molar-refractivity contribution in [1.29, 1.82) is 0 Å². The number of benzene rings is 2. The number of hydrogen-bond donors (Lipinski definition) is 3. The van der Waals surface area contributed by atoms with E-state index in [1.807, 2.05) is 67.6 Å². The second-order valence-corrected chi connectivity index (χ2v) is 10.2. The van der Waals surface area contributed by atoms with E-state index in [1.54, 1.807) is 24.8 Å². The number of amides is 1. The van der Waals surface area contributed by atoms with Gasteiger partial charge in [-0.25, -0.2) is 4.39 Å². The highest BCUT2D eigenvalue weighted by molar-refractivity contribution is 6.00. The number of hydrogen-bond acceptors (Lipinski definition) is 5. The van der Waals surface area contributed by atoms with Crippen LogP contribution in [-0.4, -0.2) is 36.0 Å². The van der Waals surface area contributed by atoms with Crippen molar-refractivity contribution in [1.82, 2.24) is 30.1 Å². The van der Waals surface area contributed by atoms with Gasteiger partial charge in [-0.2, -0.15) is 5.10 Å². The number of halogens is 1. The van der Waals surface area contributed by atoms with E-state index >= 15 is 0 Å². The minimum absolute atomic E-state index is 0.123. The van der Waals surface area contributed by atoms with Gasteiger partial charge in [0.15, 0.2) is 0 Å². The highest BCUT2D eigenvalue weighted by Gasteiger charge is 2.16. The van der Waals surface area contributed by atoms with Crippen molar-refractivity contribution in [3.8, 4) is 33.9 Å². The fourth-order valence-corrected chi connectivity index (χ4v) is 5.20. The zero-order valence-corrected chi connectivity index (χ0v) is 22.5. The zero-order valence-electron chi connectivity index (χ0n) is 22.5. The first kappa shape index (κ1) is 25.3. The molecule has 2 aromatic carbocycles. The third-order valence-electron chi connectivity index (χ3n) is 7.09. The number of rotatable bonds is 6. The molecule has 0 bridgehead atoms. The molecule has 0 unspecified atom stereocenters. The molecule has 0 fully saturated rings. The molecule has 0 radical (unpaired) electrons. The van der Waals surface area contributed by atoms with Gasteiger partial charge in [0.25, 0.3) is 0 Å². The Labute approximate surface area is 239 Å². The van der Waals surface area contributed by atoms with Crippen LogP contribution in [0.15, 0.2) is 97.6 Å². The summed E-state index contributed by atoms with van der Waals surface area (Å²) in [7, 11) is 0. The second kappa shape index (κ2) is 10.4. The first-order valence-corrected chi connectivity index (χ1v) is 13.4. The molecule has 0 aliphatic carbocycles. The summed E-state index contributed by atoms with van der Waals surface area (Å²) in [5, 5.41) is 12.3. The summed E-state index contributed by atoms with van der Waals surface area (Å²) in [4.78, 5) is 29.5. The molecule has 0 aliphatic heterocycles. The van der Waals surface area contributed by atoms with Crippen molar-refractivity contribution in [2.45, 2.75) is 13.3 Å². The van der Waals surface area contributed by atoms with Gasteiger partial charge in [0, 0.05) is 39.8 Å². The lowest BCUT2D eigenvalue weighted by Gasteiger charge is -2.07. The lowest BCUT2D eigenvalue weighted by Crippen LogP contribution is -2.14. The summed E-state index contributed by atoms with van der Waals surface area (Å²) in [5.41, 5.74) is 8.33. The van der Waals surface area contributed by atoms with Gasteiger partial charge in [0.05, 0.1) is 47.1 Å². The molecule has 3 N–H and O–H groups in total. The second-order valence-electron chi connectivity index (χ2n) is 10.2. The van der Waals surface area contributed by atoms with Crippen molar-refractivity contribution in [3.63, 3.8) is 0 Å². The van der Waals surface area contributed by atoms with Gasteiger partial charge in [-0.05, 0) is 60.5 Å². The standard InChI is InChI=1S/C33H24FN7O/c1-19-9-21(12-23(34)10-19)32-25-15-29(39-27(25)7-8-36-32)33-26-14-28(37-18-30(26)40-41-33)22-13-24(17-35-16-22)38-31(42)11-20-5-3-2-4-6-20/h2-10,12-18,39H,11H2,1H3,(H,38,42)(H,40,41). The molecule has 7 rings (SSSR count). The average Bonchev–Trinajstić information content (AvgIpc) is 3.61. The lowest BCUT2D eigenvalue weighted by atomic mass is 10.0. The Hall–Kier alpha value is -5.70. The molecule has 9 heteroatoms. The summed E-state index contributed by atoms with van der Waals surface area (Å²) in [6.45, 7) is 1.86. The highest BCUT2D eigenvalue weighted by atomic mass is 19.1. The summed E-state index contributed by atoms with van der Waals surface area (Å²) in [6.07, 6.45) is 7.04. The van der Waals surface area contributed by atoms with E-state index in [0.717, 1.165) is 44.2 Å².